The molecular formula is C11H14N6O. The fraction of sp³-hybridized carbons (Fsp3) is 0.364. The van der Waals surface area contributed by atoms with Gasteiger partial charge in [0.25, 0.3) is 0 Å². The number of nitrogens with two attached hydrogens (primary N) is 1. The molecule has 7 heteroatoms. The number of aromatic nitrogens is 4. The predicted octanol–water partition coefficient (Wildman–Crippen LogP) is 0.285. The number of morpholine rings is 1. The van der Waals surface area contributed by atoms with Crippen molar-refractivity contribution in [3.05, 3.63) is 18.3 Å². The first-order valence-electron chi connectivity index (χ1n) is 5.80. The first-order chi connectivity index (χ1) is 8.83. The molecule has 0 amide bonds. The molecule has 3 N–H and O–H groups in total. The molecule has 0 aromatic carbocycles. The maximum atomic E-state index is 5.76. The van der Waals surface area contributed by atoms with E-state index in [1.54, 1.807) is 6.20 Å². The second-order valence-electron chi connectivity index (χ2n) is 4.04. The summed E-state index contributed by atoms with van der Waals surface area (Å²) in [6, 6.07) is 3.76. The van der Waals surface area contributed by atoms with Crippen LogP contribution in [0.15, 0.2) is 18.3 Å². The monoisotopic (exact) mass is 246 g/mol. The molecule has 0 spiro atoms. The van der Waals surface area contributed by atoms with Crippen molar-refractivity contribution in [2.24, 2.45) is 0 Å². The lowest BCUT2D eigenvalue weighted by Crippen LogP contribution is -2.36. The molecule has 1 fully saturated rings. The van der Waals surface area contributed by atoms with Gasteiger partial charge in [-0.25, -0.2) is 4.98 Å². The number of anilines is 2. The van der Waals surface area contributed by atoms with Crippen molar-refractivity contribution in [2.75, 3.05) is 36.9 Å². The third-order valence-corrected chi connectivity index (χ3v) is 2.84. The minimum absolute atomic E-state index is 0.267. The van der Waals surface area contributed by atoms with Gasteiger partial charge in [-0.3, -0.25) is 5.10 Å². The van der Waals surface area contributed by atoms with Gasteiger partial charge in [-0.15, -0.1) is 0 Å². The first kappa shape index (κ1) is 11.0. The highest BCUT2D eigenvalue weighted by atomic mass is 16.5. The second kappa shape index (κ2) is 4.61. The number of ether oxygens (including phenoxy) is 1. The van der Waals surface area contributed by atoms with Gasteiger partial charge >= 0.3 is 0 Å². The highest BCUT2D eigenvalue weighted by Crippen LogP contribution is 2.21. The molecule has 18 heavy (non-hydrogen) atoms. The minimum atomic E-state index is 0.267. The third-order valence-electron chi connectivity index (χ3n) is 2.84. The van der Waals surface area contributed by atoms with Crippen LogP contribution in [-0.4, -0.2) is 46.5 Å². The van der Waals surface area contributed by atoms with E-state index in [1.807, 2.05) is 12.1 Å². The van der Waals surface area contributed by atoms with Crippen LogP contribution in [0.4, 0.5) is 11.8 Å². The standard InChI is InChI=1S/C11H14N6O/c12-11-14-9(8-1-2-13-16-8)7-10(15-11)17-3-5-18-6-4-17/h1-2,7H,3-6H2,(H,13,16)(H2,12,14,15). The van der Waals surface area contributed by atoms with E-state index in [9.17, 15) is 0 Å². The topological polar surface area (TPSA) is 93.0 Å². The summed E-state index contributed by atoms with van der Waals surface area (Å²) < 4.78 is 5.32. The van der Waals surface area contributed by atoms with Crippen LogP contribution in [0.3, 0.4) is 0 Å². The van der Waals surface area contributed by atoms with Gasteiger partial charge in [0.1, 0.15) is 5.82 Å². The van der Waals surface area contributed by atoms with Crippen molar-refractivity contribution in [1.82, 2.24) is 20.2 Å². The highest BCUT2D eigenvalue weighted by molar-refractivity contribution is 5.60. The molecule has 0 atom stereocenters. The highest BCUT2D eigenvalue weighted by Gasteiger charge is 2.15. The Labute approximate surface area is 104 Å². The molecule has 3 heterocycles. The van der Waals surface area contributed by atoms with Crippen LogP contribution >= 0.6 is 0 Å². The third kappa shape index (κ3) is 2.12. The van der Waals surface area contributed by atoms with Crippen molar-refractivity contribution < 1.29 is 4.74 Å². The summed E-state index contributed by atoms with van der Waals surface area (Å²) in [4.78, 5) is 10.6. The maximum Gasteiger partial charge on any atom is 0.222 e. The molecule has 0 aliphatic carbocycles. The minimum Gasteiger partial charge on any atom is -0.378 e. The number of hydrogen-bond donors (Lipinski definition) is 2. The second-order valence-corrected chi connectivity index (χ2v) is 4.04. The van der Waals surface area contributed by atoms with Crippen LogP contribution in [0.25, 0.3) is 11.4 Å². The summed E-state index contributed by atoms with van der Waals surface area (Å²) in [5, 5.41) is 6.78. The molecule has 0 saturated carbocycles. The normalized spacial score (nSPS) is 15.9. The van der Waals surface area contributed by atoms with Gasteiger partial charge in [-0.2, -0.15) is 10.1 Å². The lowest BCUT2D eigenvalue weighted by atomic mass is 10.3. The van der Waals surface area contributed by atoms with Gasteiger partial charge in [-0.1, -0.05) is 0 Å². The summed E-state index contributed by atoms with van der Waals surface area (Å²) in [7, 11) is 0. The fourth-order valence-corrected chi connectivity index (χ4v) is 1.94. The molecule has 1 saturated heterocycles. The molecule has 0 unspecified atom stereocenters. The molecule has 94 valence electrons. The molecular weight excluding hydrogens is 232 g/mol. The van der Waals surface area contributed by atoms with E-state index in [-0.39, 0.29) is 5.95 Å². The average Bonchev–Trinajstić information content (AvgIpc) is 2.93. The fourth-order valence-electron chi connectivity index (χ4n) is 1.94. The quantitative estimate of drug-likeness (QED) is 0.791. The number of hydrogen-bond acceptors (Lipinski definition) is 6. The number of H-pyrrole nitrogens is 1. The van der Waals surface area contributed by atoms with E-state index in [0.717, 1.165) is 30.3 Å². The van der Waals surface area contributed by atoms with Gasteiger partial charge in [0.15, 0.2) is 0 Å². The summed E-state index contributed by atoms with van der Waals surface area (Å²) >= 11 is 0. The number of nitrogens with zero attached hydrogens (tertiary/aromatic N) is 4. The summed E-state index contributed by atoms with van der Waals surface area (Å²) in [6.45, 7) is 3.06. The van der Waals surface area contributed by atoms with Crippen molar-refractivity contribution in [1.29, 1.82) is 0 Å². The summed E-state index contributed by atoms with van der Waals surface area (Å²) in [5.74, 6) is 1.10. The molecule has 1 aliphatic heterocycles. The Hall–Kier alpha value is -2.15. The number of nitrogens with one attached hydrogen (secondary N) is 1. The van der Waals surface area contributed by atoms with Crippen LogP contribution in [-0.2, 0) is 4.74 Å². The largest absolute Gasteiger partial charge is 0.378 e. The molecule has 7 nitrogen and oxygen atoms in total. The van der Waals surface area contributed by atoms with Crippen molar-refractivity contribution in [3.8, 4) is 11.4 Å². The number of nitrogen functional groups attached to an aromatic ring is 1. The Morgan fingerprint density at radius 3 is 2.83 bits per heavy atom. The Bertz CT molecular complexity index is 520. The molecule has 0 bridgehead atoms. The molecule has 2 aromatic heterocycles. The van der Waals surface area contributed by atoms with E-state index in [4.69, 9.17) is 10.5 Å². The summed E-state index contributed by atoms with van der Waals surface area (Å²) in [5.41, 5.74) is 7.34. The van der Waals surface area contributed by atoms with Gasteiger partial charge in [0.2, 0.25) is 5.95 Å². The lowest BCUT2D eigenvalue weighted by Gasteiger charge is -2.27. The van der Waals surface area contributed by atoms with Crippen LogP contribution in [0.5, 0.6) is 0 Å². The van der Waals surface area contributed by atoms with Crippen molar-refractivity contribution in [2.45, 2.75) is 0 Å². The first-order valence-corrected chi connectivity index (χ1v) is 5.80. The van der Waals surface area contributed by atoms with E-state index < -0.39 is 0 Å². The van der Waals surface area contributed by atoms with E-state index in [2.05, 4.69) is 25.1 Å². The lowest BCUT2D eigenvalue weighted by molar-refractivity contribution is 0.122. The Morgan fingerprint density at radius 1 is 1.28 bits per heavy atom. The number of aromatic amines is 1. The zero-order valence-corrected chi connectivity index (χ0v) is 9.83. The van der Waals surface area contributed by atoms with Crippen molar-refractivity contribution >= 4 is 11.8 Å². The van der Waals surface area contributed by atoms with E-state index >= 15 is 0 Å². The Kier molecular flexibility index (Phi) is 2.81. The van der Waals surface area contributed by atoms with Crippen LogP contribution in [0.1, 0.15) is 0 Å². The molecule has 0 radical (unpaired) electrons. The van der Waals surface area contributed by atoms with Crippen LogP contribution in [0.2, 0.25) is 0 Å². The summed E-state index contributed by atoms with van der Waals surface area (Å²) in [6.07, 6.45) is 1.68. The van der Waals surface area contributed by atoms with Crippen molar-refractivity contribution in [3.63, 3.8) is 0 Å². The zero-order valence-electron chi connectivity index (χ0n) is 9.83. The van der Waals surface area contributed by atoms with Gasteiger partial charge in [-0.05, 0) is 6.07 Å². The Balaban J connectivity index is 1.95. The van der Waals surface area contributed by atoms with Crippen LogP contribution < -0.4 is 10.6 Å². The average molecular weight is 246 g/mol. The number of rotatable bonds is 2. The smallest absolute Gasteiger partial charge is 0.222 e. The van der Waals surface area contributed by atoms with E-state index in [1.165, 1.54) is 0 Å². The predicted molar refractivity (Wildman–Crippen MR) is 67.1 cm³/mol. The maximum absolute atomic E-state index is 5.76. The molecule has 1 aliphatic rings. The molecule has 2 aromatic rings. The van der Waals surface area contributed by atoms with E-state index in [0.29, 0.717) is 13.2 Å². The van der Waals surface area contributed by atoms with Crippen LogP contribution in [0, 0.1) is 0 Å². The van der Waals surface area contributed by atoms with Gasteiger partial charge < -0.3 is 15.4 Å². The SMILES string of the molecule is Nc1nc(-c2ccn[nH]2)cc(N2CCOCC2)n1. The van der Waals surface area contributed by atoms with Gasteiger partial charge in [0, 0.05) is 25.4 Å². The van der Waals surface area contributed by atoms with Gasteiger partial charge in [0.05, 0.1) is 24.6 Å². The molecule has 3 rings (SSSR count). The Morgan fingerprint density at radius 2 is 2.11 bits per heavy atom. The zero-order chi connectivity index (χ0) is 12.4.